The summed E-state index contributed by atoms with van der Waals surface area (Å²) in [6.45, 7) is 0. The van der Waals surface area contributed by atoms with E-state index in [1.807, 2.05) is 0 Å². The standard InChI is InChI=1S/C8H13BrS/c9-6-8(2-3-8)7-1-4-10-5-7/h7H,1-6H2. The molecule has 1 aliphatic carbocycles. The van der Waals surface area contributed by atoms with Crippen molar-refractivity contribution in [2.45, 2.75) is 19.3 Å². The van der Waals surface area contributed by atoms with Gasteiger partial charge in [0.25, 0.3) is 0 Å². The molecule has 0 bridgehead atoms. The third kappa shape index (κ3) is 1.14. The molecule has 1 heterocycles. The molecule has 0 spiro atoms. The van der Waals surface area contributed by atoms with E-state index in [0.29, 0.717) is 0 Å². The van der Waals surface area contributed by atoms with E-state index in [9.17, 15) is 0 Å². The molecule has 2 rings (SSSR count). The Morgan fingerprint density at radius 1 is 1.50 bits per heavy atom. The number of thioether (sulfide) groups is 1. The smallest absolute Gasteiger partial charge is 0.00909 e. The molecule has 1 atom stereocenters. The Balaban J connectivity index is 1.96. The third-order valence-electron chi connectivity index (χ3n) is 2.95. The minimum atomic E-state index is 0.767. The lowest BCUT2D eigenvalue weighted by Crippen LogP contribution is -2.16. The van der Waals surface area contributed by atoms with Gasteiger partial charge in [-0.25, -0.2) is 0 Å². The van der Waals surface area contributed by atoms with Gasteiger partial charge < -0.3 is 0 Å². The van der Waals surface area contributed by atoms with Gasteiger partial charge in [-0.15, -0.1) is 0 Å². The molecular weight excluding hydrogens is 208 g/mol. The van der Waals surface area contributed by atoms with Gasteiger partial charge in [-0.3, -0.25) is 0 Å². The van der Waals surface area contributed by atoms with Gasteiger partial charge in [0.05, 0.1) is 0 Å². The van der Waals surface area contributed by atoms with E-state index in [-0.39, 0.29) is 0 Å². The predicted octanol–water partition coefficient (Wildman–Crippen LogP) is 2.91. The van der Waals surface area contributed by atoms with Crippen molar-refractivity contribution in [2.75, 3.05) is 16.8 Å². The first kappa shape index (κ1) is 7.48. The van der Waals surface area contributed by atoms with E-state index in [0.717, 1.165) is 11.3 Å². The zero-order valence-corrected chi connectivity index (χ0v) is 8.51. The summed E-state index contributed by atoms with van der Waals surface area (Å²) in [7, 11) is 0. The van der Waals surface area contributed by atoms with Gasteiger partial charge in [-0.05, 0) is 42.1 Å². The molecule has 0 aromatic rings. The van der Waals surface area contributed by atoms with Gasteiger partial charge >= 0.3 is 0 Å². The van der Waals surface area contributed by atoms with Crippen LogP contribution in [0.2, 0.25) is 0 Å². The van der Waals surface area contributed by atoms with Gasteiger partial charge in [0.1, 0.15) is 0 Å². The first-order valence-corrected chi connectivity index (χ1v) is 6.29. The Hall–Kier alpha value is 0.830. The van der Waals surface area contributed by atoms with Crippen LogP contribution in [0.4, 0.5) is 0 Å². The van der Waals surface area contributed by atoms with Crippen molar-refractivity contribution >= 4 is 27.7 Å². The summed E-state index contributed by atoms with van der Waals surface area (Å²) in [5.41, 5.74) is 0.767. The van der Waals surface area contributed by atoms with Crippen molar-refractivity contribution in [3.05, 3.63) is 0 Å². The maximum Gasteiger partial charge on any atom is 0.00909 e. The lowest BCUT2D eigenvalue weighted by molar-refractivity contribution is 0.384. The van der Waals surface area contributed by atoms with Crippen LogP contribution in [-0.2, 0) is 0 Å². The second-order valence-corrected chi connectivity index (χ2v) is 5.27. The van der Waals surface area contributed by atoms with Gasteiger partial charge in [0.2, 0.25) is 0 Å². The van der Waals surface area contributed by atoms with Crippen LogP contribution in [0.25, 0.3) is 0 Å². The molecule has 1 aliphatic heterocycles. The molecule has 2 heteroatoms. The normalized spacial score (nSPS) is 36.3. The Kier molecular flexibility index (Phi) is 2.02. The fourth-order valence-corrected chi connectivity index (χ4v) is 4.27. The second-order valence-electron chi connectivity index (χ2n) is 3.56. The SMILES string of the molecule is BrCC1(C2CCSC2)CC1. The summed E-state index contributed by atoms with van der Waals surface area (Å²) in [5, 5.41) is 1.26. The Bertz CT molecular complexity index is 125. The zero-order valence-electron chi connectivity index (χ0n) is 6.11. The molecule has 0 N–H and O–H groups in total. The minimum Gasteiger partial charge on any atom is -0.162 e. The third-order valence-corrected chi connectivity index (χ3v) is 5.23. The summed E-state index contributed by atoms with van der Waals surface area (Å²) in [6, 6.07) is 0. The molecule has 10 heavy (non-hydrogen) atoms. The Labute approximate surface area is 75.3 Å². The fraction of sp³-hybridized carbons (Fsp3) is 1.00. The highest BCUT2D eigenvalue weighted by Crippen LogP contribution is 2.56. The quantitative estimate of drug-likeness (QED) is 0.646. The molecule has 1 saturated carbocycles. The molecule has 58 valence electrons. The largest absolute Gasteiger partial charge is 0.162 e. The van der Waals surface area contributed by atoms with Crippen LogP contribution < -0.4 is 0 Å². The maximum absolute atomic E-state index is 3.63. The lowest BCUT2D eigenvalue weighted by atomic mass is 9.91. The number of hydrogen-bond acceptors (Lipinski definition) is 1. The topological polar surface area (TPSA) is 0 Å². The molecule has 2 fully saturated rings. The van der Waals surface area contributed by atoms with E-state index < -0.39 is 0 Å². The van der Waals surface area contributed by atoms with Crippen molar-refractivity contribution in [1.29, 1.82) is 0 Å². The summed E-state index contributed by atoms with van der Waals surface area (Å²) >= 11 is 5.78. The highest BCUT2D eigenvalue weighted by atomic mass is 79.9. The van der Waals surface area contributed by atoms with Crippen LogP contribution >= 0.6 is 27.7 Å². The van der Waals surface area contributed by atoms with Crippen LogP contribution in [0.1, 0.15) is 19.3 Å². The van der Waals surface area contributed by atoms with Crippen LogP contribution in [0, 0.1) is 11.3 Å². The Morgan fingerprint density at radius 2 is 2.30 bits per heavy atom. The lowest BCUT2D eigenvalue weighted by Gasteiger charge is -2.18. The molecule has 1 unspecified atom stereocenters. The molecule has 0 aromatic heterocycles. The molecule has 2 aliphatic rings. The molecule has 1 saturated heterocycles. The maximum atomic E-state index is 3.63. The Morgan fingerprint density at radius 3 is 2.70 bits per heavy atom. The van der Waals surface area contributed by atoms with Crippen LogP contribution in [0.3, 0.4) is 0 Å². The van der Waals surface area contributed by atoms with Crippen molar-refractivity contribution in [1.82, 2.24) is 0 Å². The fourth-order valence-electron chi connectivity index (χ4n) is 1.83. The van der Waals surface area contributed by atoms with Crippen molar-refractivity contribution in [2.24, 2.45) is 11.3 Å². The zero-order chi connectivity index (χ0) is 7.03. The van der Waals surface area contributed by atoms with E-state index in [4.69, 9.17) is 0 Å². The predicted molar refractivity (Wildman–Crippen MR) is 50.9 cm³/mol. The van der Waals surface area contributed by atoms with E-state index >= 15 is 0 Å². The van der Waals surface area contributed by atoms with Crippen molar-refractivity contribution < 1.29 is 0 Å². The highest BCUT2D eigenvalue weighted by molar-refractivity contribution is 9.09. The van der Waals surface area contributed by atoms with Crippen LogP contribution in [0.5, 0.6) is 0 Å². The second kappa shape index (κ2) is 2.71. The van der Waals surface area contributed by atoms with Crippen LogP contribution in [-0.4, -0.2) is 16.8 Å². The first-order chi connectivity index (χ1) is 4.87. The van der Waals surface area contributed by atoms with Gasteiger partial charge in [-0.2, -0.15) is 11.8 Å². The van der Waals surface area contributed by atoms with Gasteiger partial charge in [0, 0.05) is 5.33 Å². The van der Waals surface area contributed by atoms with Crippen molar-refractivity contribution in [3.8, 4) is 0 Å². The molecule has 0 aromatic carbocycles. The number of rotatable bonds is 2. The summed E-state index contributed by atoms with van der Waals surface area (Å²) < 4.78 is 0. The minimum absolute atomic E-state index is 0.767. The van der Waals surface area contributed by atoms with Gasteiger partial charge in [0.15, 0.2) is 0 Å². The van der Waals surface area contributed by atoms with E-state index in [2.05, 4.69) is 27.7 Å². The molecule has 0 amide bonds. The number of halogens is 1. The molecule has 0 radical (unpaired) electrons. The molecular formula is C8H13BrS. The number of hydrogen-bond donors (Lipinski definition) is 0. The molecule has 0 nitrogen and oxygen atoms in total. The van der Waals surface area contributed by atoms with Crippen LogP contribution in [0.15, 0.2) is 0 Å². The highest BCUT2D eigenvalue weighted by Gasteiger charge is 2.48. The van der Waals surface area contributed by atoms with E-state index in [1.165, 1.54) is 36.1 Å². The monoisotopic (exact) mass is 220 g/mol. The first-order valence-electron chi connectivity index (χ1n) is 4.01. The van der Waals surface area contributed by atoms with Crippen molar-refractivity contribution in [3.63, 3.8) is 0 Å². The average molecular weight is 221 g/mol. The summed E-state index contributed by atoms with van der Waals surface area (Å²) in [4.78, 5) is 0. The average Bonchev–Trinajstić information content (AvgIpc) is 2.58. The van der Waals surface area contributed by atoms with Gasteiger partial charge in [-0.1, -0.05) is 15.9 Å². The van der Waals surface area contributed by atoms with E-state index in [1.54, 1.807) is 0 Å². The number of alkyl halides is 1. The summed E-state index contributed by atoms with van der Waals surface area (Å²) in [5.74, 6) is 3.90. The summed E-state index contributed by atoms with van der Waals surface area (Å²) in [6.07, 6.45) is 4.46.